The van der Waals surface area contributed by atoms with E-state index < -0.39 is 9.84 Å². The Balaban J connectivity index is 1.63. The number of hydrogen-bond acceptors (Lipinski definition) is 5. The molecule has 2 heterocycles. The van der Waals surface area contributed by atoms with E-state index in [1.54, 1.807) is 12.1 Å². The van der Waals surface area contributed by atoms with Crippen LogP contribution in [0.25, 0.3) is 0 Å². The second-order valence-electron chi connectivity index (χ2n) is 6.39. The second kappa shape index (κ2) is 6.87. The van der Waals surface area contributed by atoms with Crippen molar-refractivity contribution in [1.29, 1.82) is 0 Å². The predicted molar refractivity (Wildman–Crippen MR) is 105 cm³/mol. The van der Waals surface area contributed by atoms with E-state index in [-0.39, 0.29) is 29.4 Å². The fourth-order valence-electron chi connectivity index (χ4n) is 3.34. The first-order valence-electron chi connectivity index (χ1n) is 8.11. The van der Waals surface area contributed by atoms with E-state index in [2.05, 4.69) is 4.99 Å². The molecule has 136 valence electrons. The Hall–Kier alpha value is -1.57. The van der Waals surface area contributed by atoms with Crippen molar-refractivity contribution in [1.82, 2.24) is 0 Å². The van der Waals surface area contributed by atoms with Crippen LogP contribution in [0, 0.1) is 5.82 Å². The molecule has 0 bridgehead atoms. The van der Waals surface area contributed by atoms with Gasteiger partial charge in [-0.1, -0.05) is 41.6 Å². The number of amidine groups is 1. The highest BCUT2D eigenvalue weighted by Crippen LogP contribution is 2.36. The van der Waals surface area contributed by atoms with Crippen LogP contribution in [0.4, 0.5) is 10.1 Å². The zero-order valence-electron chi connectivity index (χ0n) is 13.7. The van der Waals surface area contributed by atoms with Crippen molar-refractivity contribution in [3.8, 4) is 0 Å². The minimum absolute atomic E-state index is 0.0682. The first-order valence-corrected chi connectivity index (χ1v) is 11.3. The summed E-state index contributed by atoms with van der Waals surface area (Å²) in [6.45, 7) is 0. The van der Waals surface area contributed by atoms with Crippen molar-refractivity contribution in [2.75, 3.05) is 16.4 Å². The molecule has 0 unspecified atom stereocenters. The molecule has 0 N–H and O–H groups in total. The molecule has 0 aliphatic carbocycles. The number of thioether (sulfide) groups is 1. The summed E-state index contributed by atoms with van der Waals surface area (Å²) >= 11 is 7.61. The van der Waals surface area contributed by atoms with Crippen LogP contribution >= 0.6 is 23.4 Å². The van der Waals surface area contributed by atoms with Crippen LogP contribution < -0.4 is 4.90 Å². The number of sulfone groups is 1. The lowest BCUT2D eigenvalue weighted by Gasteiger charge is -2.26. The maximum Gasteiger partial charge on any atom is 0.164 e. The fraction of sp³-hybridized carbons (Fsp3) is 0.278. The standard InChI is InChI=1S/C18H16ClFN2O2S2/c19-13-4-2-6-15(8-13)22-17-11-26(23,24)10-16(17)21-18(22)25-9-12-3-1-5-14(20)7-12/h1-8,16-17H,9-11H2/t16-,17-/m0/s1. The van der Waals surface area contributed by atoms with E-state index in [0.717, 1.165) is 16.4 Å². The van der Waals surface area contributed by atoms with Crippen molar-refractivity contribution >= 4 is 44.1 Å². The van der Waals surface area contributed by atoms with E-state index in [0.29, 0.717) is 10.8 Å². The molecule has 2 aliphatic heterocycles. The van der Waals surface area contributed by atoms with Crippen LogP contribution in [0.15, 0.2) is 53.5 Å². The Morgan fingerprint density at radius 1 is 1.19 bits per heavy atom. The van der Waals surface area contributed by atoms with Gasteiger partial charge in [0.1, 0.15) is 5.82 Å². The van der Waals surface area contributed by atoms with Gasteiger partial charge in [0.05, 0.1) is 23.6 Å². The summed E-state index contributed by atoms with van der Waals surface area (Å²) in [5, 5.41) is 1.34. The summed E-state index contributed by atoms with van der Waals surface area (Å²) in [5.41, 5.74) is 1.68. The lowest BCUT2D eigenvalue weighted by atomic mass is 10.1. The average Bonchev–Trinajstić information content (AvgIpc) is 3.04. The molecule has 1 saturated heterocycles. The van der Waals surface area contributed by atoms with Gasteiger partial charge in [0.2, 0.25) is 0 Å². The third-order valence-corrected chi connectivity index (χ3v) is 7.42. The SMILES string of the molecule is O=S1(=O)C[C@@H]2N=C(SCc3cccc(F)c3)N(c3cccc(Cl)c3)[C@H]2C1. The lowest BCUT2D eigenvalue weighted by molar-refractivity contribution is 0.601. The Kier molecular flexibility index (Phi) is 4.71. The molecule has 2 aliphatic rings. The molecule has 0 amide bonds. The number of halogens is 2. The average molecular weight is 411 g/mol. The summed E-state index contributed by atoms with van der Waals surface area (Å²) in [6.07, 6.45) is 0. The van der Waals surface area contributed by atoms with E-state index >= 15 is 0 Å². The summed E-state index contributed by atoms with van der Waals surface area (Å²) in [6, 6.07) is 13.3. The second-order valence-corrected chi connectivity index (χ2v) is 9.92. The normalized spacial score (nSPS) is 23.8. The monoisotopic (exact) mass is 410 g/mol. The van der Waals surface area contributed by atoms with Gasteiger partial charge in [0.25, 0.3) is 0 Å². The van der Waals surface area contributed by atoms with Gasteiger partial charge in [-0.3, -0.25) is 4.99 Å². The number of nitrogens with zero attached hydrogens (tertiary/aromatic N) is 2. The van der Waals surface area contributed by atoms with Crippen LogP contribution in [0.5, 0.6) is 0 Å². The summed E-state index contributed by atoms with van der Waals surface area (Å²) in [7, 11) is -3.09. The van der Waals surface area contributed by atoms with Crippen molar-refractivity contribution in [3.05, 3.63) is 64.9 Å². The van der Waals surface area contributed by atoms with Crippen molar-refractivity contribution in [2.24, 2.45) is 4.99 Å². The first kappa shape index (κ1) is 17.8. The van der Waals surface area contributed by atoms with Gasteiger partial charge in [-0.05, 0) is 35.9 Å². The Morgan fingerprint density at radius 3 is 2.77 bits per heavy atom. The molecule has 0 spiro atoms. The molecule has 0 radical (unpaired) electrons. The van der Waals surface area contributed by atoms with E-state index in [1.807, 2.05) is 29.2 Å². The molecular weight excluding hydrogens is 395 g/mol. The topological polar surface area (TPSA) is 49.7 Å². The quantitative estimate of drug-likeness (QED) is 0.773. The molecule has 4 nitrogen and oxygen atoms in total. The van der Waals surface area contributed by atoms with Crippen LogP contribution in [0.2, 0.25) is 5.02 Å². The zero-order chi connectivity index (χ0) is 18.3. The van der Waals surface area contributed by atoms with E-state index in [1.165, 1.54) is 23.9 Å². The van der Waals surface area contributed by atoms with Crippen molar-refractivity contribution < 1.29 is 12.8 Å². The fourth-order valence-corrected chi connectivity index (χ4v) is 6.43. The Morgan fingerprint density at radius 2 is 2.00 bits per heavy atom. The van der Waals surface area contributed by atoms with Gasteiger partial charge < -0.3 is 4.90 Å². The van der Waals surface area contributed by atoms with Gasteiger partial charge in [0.15, 0.2) is 15.0 Å². The molecule has 0 aromatic heterocycles. The van der Waals surface area contributed by atoms with Gasteiger partial charge in [-0.2, -0.15) is 0 Å². The van der Waals surface area contributed by atoms with Gasteiger partial charge in [-0.15, -0.1) is 0 Å². The zero-order valence-corrected chi connectivity index (χ0v) is 16.1. The van der Waals surface area contributed by atoms with Crippen molar-refractivity contribution in [3.63, 3.8) is 0 Å². The molecule has 8 heteroatoms. The smallest absolute Gasteiger partial charge is 0.164 e. The number of hydrogen-bond donors (Lipinski definition) is 0. The number of rotatable bonds is 3. The van der Waals surface area contributed by atoms with Crippen LogP contribution in [-0.4, -0.2) is 37.2 Å². The predicted octanol–water partition coefficient (Wildman–Crippen LogP) is 3.75. The molecule has 26 heavy (non-hydrogen) atoms. The number of fused-ring (bicyclic) bond motifs is 1. The highest BCUT2D eigenvalue weighted by atomic mass is 35.5. The Bertz CT molecular complexity index is 981. The molecule has 4 rings (SSSR count). The highest BCUT2D eigenvalue weighted by molar-refractivity contribution is 8.13. The van der Waals surface area contributed by atoms with Crippen LogP contribution in [0.1, 0.15) is 5.56 Å². The molecule has 1 fully saturated rings. The summed E-state index contributed by atoms with van der Waals surface area (Å²) < 4.78 is 37.5. The maximum absolute atomic E-state index is 13.4. The minimum Gasteiger partial charge on any atom is -0.315 e. The van der Waals surface area contributed by atoms with Gasteiger partial charge >= 0.3 is 0 Å². The summed E-state index contributed by atoms with van der Waals surface area (Å²) in [4.78, 5) is 6.62. The van der Waals surface area contributed by atoms with Crippen LogP contribution in [-0.2, 0) is 15.6 Å². The number of benzene rings is 2. The largest absolute Gasteiger partial charge is 0.315 e. The molecule has 0 saturated carbocycles. The number of anilines is 1. The number of aliphatic imine (C=N–C) groups is 1. The van der Waals surface area contributed by atoms with Gasteiger partial charge in [-0.25, -0.2) is 12.8 Å². The molecule has 2 aromatic carbocycles. The van der Waals surface area contributed by atoms with Crippen molar-refractivity contribution in [2.45, 2.75) is 17.8 Å². The molecular formula is C18H16ClFN2O2S2. The third kappa shape index (κ3) is 3.61. The summed E-state index contributed by atoms with van der Waals surface area (Å²) in [5.74, 6) is 0.433. The third-order valence-electron chi connectivity index (χ3n) is 4.45. The van der Waals surface area contributed by atoms with E-state index in [9.17, 15) is 12.8 Å². The van der Waals surface area contributed by atoms with E-state index in [4.69, 9.17) is 11.6 Å². The highest BCUT2D eigenvalue weighted by Gasteiger charge is 2.47. The van der Waals surface area contributed by atoms with Crippen LogP contribution in [0.3, 0.4) is 0 Å². The molecule has 2 atom stereocenters. The first-order chi connectivity index (χ1) is 12.4. The van der Waals surface area contributed by atoms with Gasteiger partial charge in [0, 0.05) is 16.5 Å². The Labute approximate surface area is 161 Å². The lowest BCUT2D eigenvalue weighted by Crippen LogP contribution is -2.39. The molecule has 2 aromatic rings. The maximum atomic E-state index is 13.4. The minimum atomic E-state index is -3.09.